The predicted molar refractivity (Wildman–Crippen MR) is 74.2 cm³/mol. The summed E-state index contributed by atoms with van der Waals surface area (Å²) < 4.78 is 0. The van der Waals surface area contributed by atoms with Crippen LogP contribution in [0.15, 0.2) is 42.7 Å². The Kier molecular flexibility index (Phi) is 4.14. The Morgan fingerprint density at radius 3 is 2.90 bits per heavy atom. The number of aromatic amines is 1. The summed E-state index contributed by atoms with van der Waals surface area (Å²) in [5.74, 6) is -0.597. The van der Waals surface area contributed by atoms with Crippen LogP contribution in [0.5, 0.6) is 0 Å². The number of amides is 1. The fourth-order valence-electron chi connectivity index (χ4n) is 1.87. The Balaban J connectivity index is 2.02. The number of nitrogens with one attached hydrogen (secondary N) is 2. The molecular formula is C14H15N3O3. The van der Waals surface area contributed by atoms with Crippen molar-refractivity contribution in [1.82, 2.24) is 10.3 Å². The van der Waals surface area contributed by atoms with E-state index < -0.39 is 10.8 Å². The average Bonchev–Trinajstić information content (AvgIpc) is 2.97. The van der Waals surface area contributed by atoms with E-state index in [-0.39, 0.29) is 11.6 Å². The van der Waals surface area contributed by atoms with E-state index in [0.717, 1.165) is 5.56 Å². The molecule has 20 heavy (non-hydrogen) atoms. The van der Waals surface area contributed by atoms with Crippen LogP contribution in [0, 0.1) is 10.1 Å². The van der Waals surface area contributed by atoms with Crippen molar-refractivity contribution in [1.29, 1.82) is 0 Å². The average molecular weight is 273 g/mol. The maximum atomic E-state index is 12.0. The number of nitro benzene ring substituents is 1. The number of benzene rings is 1. The lowest BCUT2D eigenvalue weighted by atomic mass is 10.00. The number of non-ortho nitro benzene ring substituents is 1. The van der Waals surface area contributed by atoms with E-state index in [9.17, 15) is 14.9 Å². The third kappa shape index (κ3) is 3.23. The normalized spacial score (nSPS) is 11.8. The molecule has 0 aliphatic rings. The Bertz CT molecular complexity index is 608. The maximum Gasteiger partial charge on any atom is 0.269 e. The second kappa shape index (κ2) is 6.01. The van der Waals surface area contributed by atoms with Gasteiger partial charge in [-0.25, -0.2) is 0 Å². The van der Waals surface area contributed by atoms with Crippen molar-refractivity contribution in [3.8, 4) is 0 Å². The third-order valence-corrected chi connectivity index (χ3v) is 3.10. The molecule has 0 aliphatic carbocycles. The molecule has 1 heterocycles. The van der Waals surface area contributed by atoms with E-state index in [4.69, 9.17) is 0 Å². The van der Waals surface area contributed by atoms with Crippen LogP contribution >= 0.6 is 0 Å². The molecule has 6 nitrogen and oxygen atoms in total. The molecule has 6 heteroatoms. The molecule has 0 spiro atoms. The first-order valence-corrected chi connectivity index (χ1v) is 6.21. The standard InChI is InChI=1S/C14H15N3O3/c1-10(12-3-2-4-13(7-12)17(19)20)14(18)16-9-11-5-6-15-8-11/h2-8,10,15H,9H2,1H3,(H,16,18). The van der Waals surface area contributed by atoms with Crippen LogP contribution in [0.2, 0.25) is 0 Å². The third-order valence-electron chi connectivity index (χ3n) is 3.10. The van der Waals surface area contributed by atoms with Gasteiger partial charge in [-0.1, -0.05) is 12.1 Å². The topological polar surface area (TPSA) is 88.0 Å². The summed E-state index contributed by atoms with van der Waals surface area (Å²) in [5.41, 5.74) is 1.60. The van der Waals surface area contributed by atoms with Crippen LogP contribution < -0.4 is 5.32 Å². The van der Waals surface area contributed by atoms with Gasteiger partial charge in [0.1, 0.15) is 0 Å². The Labute approximate surface area is 116 Å². The van der Waals surface area contributed by atoms with E-state index in [2.05, 4.69) is 10.3 Å². The highest BCUT2D eigenvalue weighted by Gasteiger charge is 2.17. The molecule has 2 rings (SSSR count). The summed E-state index contributed by atoms with van der Waals surface area (Å²) in [5, 5.41) is 13.5. The number of nitro groups is 1. The number of rotatable bonds is 5. The molecule has 0 saturated heterocycles. The number of carbonyl (C=O) groups excluding carboxylic acids is 1. The Hall–Kier alpha value is -2.63. The zero-order valence-corrected chi connectivity index (χ0v) is 11.0. The van der Waals surface area contributed by atoms with Crippen molar-refractivity contribution < 1.29 is 9.72 Å². The molecule has 0 fully saturated rings. The van der Waals surface area contributed by atoms with Gasteiger partial charge < -0.3 is 10.3 Å². The van der Waals surface area contributed by atoms with Crippen molar-refractivity contribution in [2.24, 2.45) is 0 Å². The molecule has 1 aromatic heterocycles. The van der Waals surface area contributed by atoms with Crippen molar-refractivity contribution in [3.63, 3.8) is 0 Å². The summed E-state index contributed by atoms with van der Waals surface area (Å²) in [6, 6.07) is 8.02. The number of hydrogen-bond acceptors (Lipinski definition) is 3. The van der Waals surface area contributed by atoms with Gasteiger partial charge in [-0.15, -0.1) is 0 Å². The summed E-state index contributed by atoms with van der Waals surface area (Å²) in [6.07, 6.45) is 3.59. The zero-order chi connectivity index (χ0) is 14.5. The second-order valence-electron chi connectivity index (χ2n) is 4.51. The monoisotopic (exact) mass is 273 g/mol. The molecule has 2 N–H and O–H groups in total. The van der Waals surface area contributed by atoms with Crippen LogP contribution in [-0.2, 0) is 11.3 Å². The summed E-state index contributed by atoms with van der Waals surface area (Å²) in [6.45, 7) is 2.16. The second-order valence-corrected chi connectivity index (χ2v) is 4.51. The number of hydrogen-bond donors (Lipinski definition) is 2. The van der Waals surface area contributed by atoms with Gasteiger partial charge in [0.25, 0.3) is 5.69 Å². The number of H-pyrrole nitrogens is 1. The maximum absolute atomic E-state index is 12.0. The van der Waals surface area contributed by atoms with Gasteiger partial charge in [0.2, 0.25) is 5.91 Å². The lowest BCUT2D eigenvalue weighted by Gasteiger charge is -2.12. The zero-order valence-electron chi connectivity index (χ0n) is 11.0. The number of carbonyl (C=O) groups is 1. The first-order chi connectivity index (χ1) is 9.58. The van der Waals surface area contributed by atoms with Crippen molar-refractivity contribution in [2.75, 3.05) is 0 Å². The van der Waals surface area contributed by atoms with Gasteiger partial charge in [0.05, 0.1) is 10.8 Å². The minimum Gasteiger partial charge on any atom is -0.367 e. The molecule has 0 radical (unpaired) electrons. The highest BCUT2D eigenvalue weighted by atomic mass is 16.6. The van der Waals surface area contributed by atoms with Gasteiger partial charge >= 0.3 is 0 Å². The minimum atomic E-state index is -0.464. The van der Waals surface area contributed by atoms with E-state index >= 15 is 0 Å². The molecule has 0 bridgehead atoms. The van der Waals surface area contributed by atoms with E-state index in [0.29, 0.717) is 12.1 Å². The van der Waals surface area contributed by atoms with Crippen molar-refractivity contribution in [3.05, 3.63) is 64.0 Å². The lowest BCUT2D eigenvalue weighted by Crippen LogP contribution is -2.27. The molecule has 2 aromatic rings. The van der Waals surface area contributed by atoms with Crippen LogP contribution in [0.4, 0.5) is 5.69 Å². The largest absolute Gasteiger partial charge is 0.367 e. The van der Waals surface area contributed by atoms with Crippen LogP contribution in [0.25, 0.3) is 0 Å². The fourth-order valence-corrected chi connectivity index (χ4v) is 1.87. The molecule has 1 aromatic carbocycles. The molecule has 1 unspecified atom stereocenters. The van der Waals surface area contributed by atoms with Crippen LogP contribution in [-0.4, -0.2) is 15.8 Å². The fraction of sp³-hybridized carbons (Fsp3) is 0.214. The highest BCUT2D eigenvalue weighted by Crippen LogP contribution is 2.20. The number of nitrogens with zero attached hydrogens (tertiary/aromatic N) is 1. The molecule has 0 aliphatic heterocycles. The summed E-state index contributed by atoms with van der Waals surface area (Å²) in [7, 11) is 0. The predicted octanol–water partition coefficient (Wildman–Crippen LogP) is 2.34. The SMILES string of the molecule is CC(C(=O)NCc1cc[nH]c1)c1cccc([N+](=O)[O-])c1. The van der Waals surface area contributed by atoms with E-state index in [1.54, 1.807) is 31.5 Å². The first kappa shape index (κ1) is 13.8. The van der Waals surface area contributed by atoms with Gasteiger partial charge in [-0.2, -0.15) is 0 Å². The molecule has 0 saturated carbocycles. The minimum absolute atomic E-state index is 0.00668. The number of aromatic nitrogens is 1. The molecule has 1 atom stereocenters. The van der Waals surface area contributed by atoms with Gasteiger partial charge in [-0.3, -0.25) is 14.9 Å². The summed E-state index contributed by atoms with van der Waals surface area (Å²) >= 11 is 0. The van der Waals surface area contributed by atoms with Gasteiger partial charge in [-0.05, 0) is 24.1 Å². The van der Waals surface area contributed by atoms with Crippen LogP contribution in [0.1, 0.15) is 24.0 Å². The van der Waals surface area contributed by atoms with Gasteiger partial charge in [0.15, 0.2) is 0 Å². The van der Waals surface area contributed by atoms with E-state index in [1.165, 1.54) is 12.1 Å². The first-order valence-electron chi connectivity index (χ1n) is 6.21. The lowest BCUT2D eigenvalue weighted by molar-refractivity contribution is -0.384. The van der Waals surface area contributed by atoms with E-state index in [1.807, 2.05) is 6.07 Å². The quantitative estimate of drug-likeness (QED) is 0.647. The molecule has 1 amide bonds. The highest BCUT2D eigenvalue weighted by molar-refractivity contribution is 5.83. The van der Waals surface area contributed by atoms with Crippen molar-refractivity contribution in [2.45, 2.75) is 19.4 Å². The smallest absolute Gasteiger partial charge is 0.269 e. The molecular weight excluding hydrogens is 258 g/mol. The van der Waals surface area contributed by atoms with Gasteiger partial charge in [0, 0.05) is 31.1 Å². The van der Waals surface area contributed by atoms with Crippen LogP contribution in [0.3, 0.4) is 0 Å². The Morgan fingerprint density at radius 1 is 1.45 bits per heavy atom. The van der Waals surface area contributed by atoms with Crippen molar-refractivity contribution >= 4 is 11.6 Å². The summed E-state index contributed by atoms with van der Waals surface area (Å²) in [4.78, 5) is 25.2. The Morgan fingerprint density at radius 2 is 2.25 bits per heavy atom. The molecule has 104 valence electrons.